The number of benzene rings is 2. The summed E-state index contributed by atoms with van der Waals surface area (Å²) >= 11 is 0. The van der Waals surface area contributed by atoms with E-state index in [2.05, 4.69) is 36.6 Å². The predicted octanol–water partition coefficient (Wildman–Crippen LogP) is 4.79. The van der Waals surface area contributed by atoms with E-state index in [1.54, 1.807) is 39.8 Å². The van der Waals surface area contributed by atoms with Crippen molar-refractivity contribution in [3.63, 3.8) is 0 Å². The van der Waals surface area contributed by atoms with Crippen molar-refractivity contribution in [3.05, 3.63) is 81.4 Å². The monoisotopic (exact) mass is 534 g/mol. The molecule has 0 unspecified atom stereocenters. The fourth-order valence-electron chi connectivity index (χ4n) is 5.38. The molecule has 0 amide bonds. The van der Waals surface area contributed by atoms with E-state index in [4.69, 9.17) is 5.10 Å². The fraction of sp³-hybridized carbons (Fsp3) is 0.379. The first-order valence-corrected chi connectivity index (χ1v) is 15.0. The third kappa shape index (κ3) is 4.61. The van der Waals surface area contributed by atoms with E-state index in [1.807, 2.05) is 25.5 Å². The standard InChI is InChI=1S/C29H36FN6OP/c1-6-38(7-2)26-11-10-21(17-25(26)31-5)34-13-14-35(29(34)37)28-23-18-32-12-8-9-24(23)33-36(28)22-15-19(3)27(30)20(4)16-22/h10-11,13-17,31-32H,6-9,12,18H2,1-5H3. The molecule has 0 saturated carbocycles. The van der Waals surface area contributed by atoms with Crippen LogP contribution in [0.4, 0.5) is 10.1 Å². The molecule has 7 nitrogen and oxygen atoms in total. The van der Waals surface area contributed by atoms with Crippen molar-refractivity contribution in [1.29, 1.82) is 0 Å². The Kier molecular flexibility index (Phi) is 7.55. The fourth-order valence-corrected chi connectivity index (χ4v) is 7.31. The second kappa shape index (κ2) is 10.9. The maximum absolute atomic E-state index is 14.5. The van der Waals surface area contributed by atoms with Crippen LogP contribution in [-0.2, 0) is 13.0 Å². The lowest BCUT2D eigenvalue weighted by Crippen LogP contribution is -2.25. The lowest BCUT2D eigenvalue weighted by Gasteiger charge is -2.19. The number of halogens is 1. The molecular weight excluding hydrogens is 498 g/mol. The Morgan fingerprint density at radius 1 is 1.05 bits per heavy atom. The van der Waals surface area contributed by atoms with E-state index in [1.165, 1.54) is 5.30 Å². The summed E-state index contributed by atoms with van der Waals surface area (Å²) in [5, 5.41) is 13.1. The van der Waals surface area contributed by atoms with Gasteiger partial charge in [0, 0.05) is 37.2 Å². The smallest absolute Gasteiger partial charge is 0.338 e. The van der Waals surface area contributed by atoms with Gasteiger partial charge >= 0.3 is 5.69 Å². The summed E-state index contributed by atoms with van der Waals surface area (Å²) in [7, 11) is 1.70. The number of rotatable bonds is 7. The maximum atomic E-state index is 14.5. The molecule has 0 fully saturated rings. The number of nitrogens with one attached hydrogen (secondary N) is 2. The van der Waals surface area contributed by atoms with Crippen LogP contribution in [-0.4, -0.2) is 44.8 Å². The summed E-state index contributed by atoms with van der Waals surface area (Å²) in [6.45, 7) is 9.51. The minimum Gasteiger partial charge on any atom is -0.388 e. The average molecular weight is 535 g/mol. The van der Waals surface area contributed by atoms with Gasteiger partial charge in [0.15, 0.2) is 0 Å². The van der Waals surface area contributed by atoms with Crippen molar-refractivity contribution in [1.82, 2.24) is 24.2 Å². The Morgan fingerprint density at radius 2 is 1.76 bits per heavy atom. The number of hydrogen-bond acceptors (Lipinski definition) is 4. The molecule has 5 rings (SSSR count). The van der Waals surface area contributed by atoms with Crippen molar-refractivity contribution >= 4 is 18.9 Å². The molecule has 2 N–H and O–H groups in total. The second-order valence-electron chi connectivity index (χ2n) is 9.78. The zero-order valence-corrected chi connectivity index (χ0v) is 23.7. The van der Waals surface area contributed by atoms with Gasteiger partial charge in [0.2, 0.25) is 0 Å². The first-order chi connectivity index (χ1) is 18.4. The molecule has 200 valence electrons. The predicted molar refractivity (Wildman–Crippen MR) is 155 cm³/mol. The number of nitrogens with zero attached hydrogens (tertiary/aromatic N) is 4. The zero-order valence-electron chi connectivity index (χ0n) is 22.8. The van der Waals surface area contributed by atoms with Crippen LogP contribution in [0.15, 0.2) is 47.5 Å². The zero-order chi connectivity index (χ0) is 27.0. The van der Waals surface area contributed by atoms with Gasteiger partial charge in [-0.25, -0.2) is 13.9 Å². The van der Waals surface area contributed by atoms with Crippen LogP contribution in [0.1, 0.15) is 42.7 Å². The van der Waals surface area contributed by atoms with Gasteiger partial charge in [-0.3, -0.25) is 9.13 Å². The molecule has 2 aromatic heterocycles. The molecule has 4 aromatic rings. The van der Waals surface area contributed by atoms with Gasteiger partial charge in [-0.2, -0.15) is 5.10 Å². The minimum absolute atomic E-state index is 0.170. The van der Waals surface area contributed by atoms with Gasteiger partial charge < -0.3 is 10.6 Å². The van der Waals surface area contributed by atoms with Crippen LogP contribution < -0.4 is 21.6 Å². The highest BCUT2D eigenvalue weighted by atomic mass is 31.1. The summed E-state index contributed by atoms with van der Waals surface area (Å²) in [6, 6.07) is 9.85. The molecule has 1 aliphatic heterocycles. The van der Waals surface area contributed by atoms with Crippen LogP contribution in [0, 0.1) is 19.7 Å². The number of imidazole rings is 1. The van der Waals surface area contributed by atoms with Gasteiger partial charge in [-0.05, 0) is 86.3 Å². The van der Waals surface area contributed by atoms with E-state index in [0.717, 1.165) is 60.0 Å². The Labute approximate surface area is 224 Å². The van der Waals surface area contributed by atoms with Crippen LogP contribution in [0.3, 0.4) is 0 Å². The van der Waals surface area contributed by atoms with E-state index in [0.29, 0.717) is 23.5 Å². The van der Waals surface area contributed by atoms with Crippen LogP contribution in [0.25, 0.3) is 17.2 Å². The summed E-state index contributed by atoms with van der Waals surface area (Å²) in [5.74, 6) is 0.488. The van der Waals surface area contributed by atoms with Crippen LogP contribution >= 0.6 is 7.92 Å². The molecular formula is C29H36FN6OP. The second-order valence-corrected chi connectivity index (χ2v) is 12.6. The molecule has 9 heteroatoms. The van der Waals surface area contributed by atoms with Gasteiger partial charge in [0.1, 0.15) is 11.6 Å². The Hall–Kier alpha value is -3.22. The third-order valence-electron chi connectivity index (χ3n) is 7.41. The molecule has 2 aromatic carbocycles. The highest BCUT2D eigenvalue weighted by molar-refractivity contribution is 7.65. The van der Waals surface area contributed by atoms with Gasteiger partial charge in [-0.15, -0.1) is 0 Å². The summed E-state index contributed by atoms with van der Waals surface area (Å²) < 4.78 is 19.6. The van der Waals surface area contributed by atoms with E-state index in [-0.39, 0.29) is 19.4 Å². The van der Waals surface area contributed by atoms with E-state index < -0.39 is 0 Å². The van der Waals surface area contributed by atoms with Crippen molar-refractivity contribution in [3.8, 4) is 17.2 Å². The summed E-state index contributed by atoms with van der Waals surface area (Å²) in [6.07, 6.45) is 7.67. The molecule has 0 bridgehead atoms. The molecule has 0 saturated heterocycles. The highest BCUT2D eigenvalue weighted by Crippen LogP contribution is 2.36. The van der Waals surface area contributed by atoms with Gasteiger partial charge in [0.25, 0.3) is 0 Å². The van der Waals surface area contributed by atoms with E-state index >= 15 is 0 Å². The van der Waals surface area contributed by atoms with Crippen molar-refractivity contribution in [2.75, 3.05) is 31.2 Å². The third-order valence-corrected chi connectivity index (χ3v) is 10.0. The first-order valence-electron chi connectivity index (χ1n) is 13.3. The molecule has 1 aliphatic rings. The summed E-state index contributed by atoms with van der Waals surface area (Å²) in [4.78, 5) is 13.9. The lowest BCUT2D eigenvalue weighted by molar-refractivity contribution is 0.607. The topological polar surface area (TPSA) is 68.8 Å². The van der Waals surface area contributed by atoms with Crippen molar-refractivity contribution < 1.29 is 4.39 Å². The average Bonchev–Trinajstić information content (AvgIpc) is 3.38. The summed E-state index contributed by atoms with van der Waals surface area (Å²) in [5.41, 5.74) is 5.54. The maximum Gasteiger partial charge on any atom is 0.338 e. The Morgan fingerprint density at radius 3 is 2.45 bits per heavy atom. The van der Waals surface area contributed by atoms with Gasteiger partial charge in [-0.1, -0.05) is 27.8 Å². The molecule has 0 atom stereocenters. The largest absolute Gasteiger partial charge is 0.388 e. The highest BCUT2D eigenvalue weighted by Gasteiger charge is 2.24. The minimum atomic E-state index is -0.238. The Balaban J connectivity index is 1.66. The quantitative estimate of drug-likeness (QED) is 0.335. The molecule has 38 heavy (non-hydrogen) atoms. The molecule has 3 heterocycles. The number of anilines is 1. The number of aromatic nitrogens is 4. The van der Waals surface area contributed by atoms with Crippen LogP contribution in [0.5, 0.6) is 0 Å². The van der Waals surface area contributed by atoms with E-state index in [9.17, 15) is 9.18 Å². The molecule has 0 spiro atoms. The SMILES string of the molecule is CCP(CC)c1ccc(-n2ccn(-c3c4c(nn3-c3cc(C)c(F)c(C)c3)CCCNC4)c2=O)cc1NC. The normalized spacial score (nSPS) is 13.6. The van der Waals surface area contributed by atoms with Crippen molar-refractivity contribution in [2.45, 2.75) is 47.1 Å². The number of hydrogen-bond donors (Lipinski definition) is 2. The van der Waals surface area contributed by atoms with Crippen molar-refractivity contribution in [2.24, 2.45) is 0 Å². The first kappa shape index (κ1) is 26.4. The molecule has 0 aliphatic carbocycles. The van der Waals surface area contributed by atoms with Crippen LogP contribution in [0.2, 0.25) is 0 Å². The van der Waals surface area contributed by atoms with Gasteiger partial charge in [0.05, 0.1) is 17.1 Å². The number of fused-ring (bicyclic) bond motifs is 1. The Bertz CT molecular complexity index is 1510. The lowest BCUT2D eigenvalue weighted by atomic mass is 10.1. The molecule has 0 radical (unpaired) electrons. The number of aryl methyl sites for hydroxylation is 3.